The largest absolute Gasteiger partial charge is 0.496 e. The summed E-state index contributed by atoms with van der Waals surface area (Å²) in [5, 5.41) is 14.0. The van der Waals surface area contributed by atoms with Crippen molar-refractivity contribution in [1.29, 1.82) is 5.26 Å². The summed E-state index contributed by atoms with van der Waals surface area (Å²) in [6.07, 6.45) is 2.85. The fourth-order valence-corrected chi connectivity index (χ4v) is 2.80. The van der Waals surface area contributed by atoms with Crippen molar-refractivity contribution >= 4 is 17.5 Å². The van der Waals surface area contributed by atoms with Crippen LogP contribution in [0.25, 0.3) is 11.3 Å². The molecular weight excluding hydrogens is 412 g/mol. The molecule has 0 aliphatic carbocycles. The molecule has 0 aliphatic heterocycles. The second-order valence-electron chi connectivity index (χ2n) is 7.50. The smallest absolute Gasteiger partial charge is 0.313 e. The first-order valence-electron chi connectivity index (χ1n) is 9.64. The first kappa shape index (κ1) is 22.4. The number of nitrogens with zero attached hydrogens (tertiary/aromatic N) is 2. The van der Waals surface area contributed by atoms with Gasteiger partial charge in [-0.05, 0) is 50.2 Å². The van der Waals surface area contributed by atoms with Crippen LogP contribution in [0.4, 0.5) is 5.69 Å². The highest BCUT2D eigenvalue weighted by molar-refractivity contribution is 6.39. The van der Waals surface area contributed by atoms with Gasteiger partial charge in [-0.1, -0.05) is 0 Å². The number of nitriles is 1. The average molecular weight is 434 g/mol. The van der Waals surface area contributed by atoms with E-state index in [0.717, 1.165) is 0 Å². The van der Waals surface area contributed by atoms with Crippen LogP contribution in [0.5, 0.6) is 11.5 Å². The molecule has 0 aliphatic rings. The zero-order valence-electron chi connectivity index (χ0n) is 17.8. The third-order valence-electron chi connectivity index (χ3n) is 4.40. The van der Waals surface area contributed by atoms with E-state index < -0.39 is 17.4 Å². The number of hydrogen-bond donors (Lipinski definition) is 2. The molecule has 2 amide bonds. The minimum atomic E-state index is -0.828. The van der Waals surface area contributed by atoms with Crippen LogP contribution in [0.15, 0.2) is 59.5 Å². The molecule has 0 saturated carbocycles. The Morgan fingerprint density at radius 2 is 1.91 bits per heavy atom. The normalized spacial score (nSPS) is 10.7. The molecule has 3 aromatic rings. The zero-order valence-corrected chi connectivity index (χ0v) is 17.8. The van der Waals surface area contributed by atoms with E-state index in [9.17, 15) is 9.59 Å². The van der Waals surface area contributed by atoms with Gasteiger partial charge in [0, 0.05) is 11.8 Å². The first-order valence-corrected chi connectivity index (χ1v) is 9.64. The highest BCUT2D eigenvalue weighted by Gasteiger charge is 2.26. The summed E-state index contributed by atoms with van der Waals surface area (Å²) in [5.74, 6) is -0.116. The quantitative estimate of drug-likeness (QED) is 0.547. The van der Waals surface area contributed by atoms with Gasteiger partial charge < -0.3 is 24.5 Å². The predicted molar refractivity (Wildman–Crippen MR) is 116 cm³/mol. The van der Waals surface area contributed by atoms with Crippen LogP contribution in [0, 0.1) is 11.3 Å². The van der Waals surface area contributed by atoms with Crippen LogP contribution >= 0.6 is 0 Å². The van der Waals surface area contributed by atoms with Gasteiger partial charge in [-0.3, -0.25) is 9.59 Å². The molecule has 9 heteroatoms. The fourth-order valence-electron chi connectivity index (χ4n) is 2.80. The molecule has 0 unspecified atom stereocenters. The molecule has 32 heavy (non-hydrogen) atoms. The van der Waals surface area contributed by atoms with Crippen LogP contribution in [-0.4, -0.2) is 36.1 Å². The summed E-state index contributed by atoms with van der Waals surface area (Å²) in [7, 11) is 1.49. The van der Waals surface area contributed by atoms with Crippen molar-refractivity contribution in [3.63, 3.8) is 0 Å². The van der Waals surface area contributed by atoms with E-state index in [-0.39, 0.29) is 6.61 Å². The highest BCUT2D eigenvalue weighted by atomic mass is 16.5. The number of anilines is 1. The number of carbonyl (C=O) groups is 2. The van der Waals surface area contributed by atoms with Crippen molar-refractivity contribution in [2.24, 2.45) is 0 Å². The SMILES string of the molecule is COc1cc(NC(=O)C(=O)NC(C)(C)COc2ccc(C#N)cc2)ccc1-c1cnco1. The maximum absolute atomic E-state index is 12.4. The molecule has 9 nitrogen and oxygen atoms in total. The Morgan fingerprint density at radius 3 is 2.53 bits per heavy atom. The molecule has 0 saturated heterocycles. The van der Waals surface area contributed by atoms with Crippen molar-refractivity contribution in [3.8, 4) is 28.9 Å². The Bertz CT molecular complexity index is 1130. The lowest BCUT2D eigenvalue weighted by Gasteiger charge is -2.26. The average Bonchev–Trinajstić information content (AvgIpc) is 3.32. The molecule has 2 N–H and O–H groups in total. The maximum atomic E-state index is 12.4. The number of carbonyl (C=O) groups excluding carboxylic acids is 2. The number of benzene rings is 2. The molecule has 0 spiro atoms. The minimum absolute atomic E-state index is 0.123. The molecule has 1 heterocycles. The van der Waals surface area contributed by atoms with Gasteiger partial charge in [0.25, 0.3) is 0 Å². The second-order valence-corrected chi connectivity index (χ2v) is 7.50. The van der Waals surface area contributed by atoms with Gasteiger partial charge in [-0.25, -0.2) is 4.98 Å². The number of amides is 2. The number of hydrogen-bond acceptors (Lipinski definition) is 7. The molecule has 0 fully saturated rings. The Kier molecular flexibility index (Phi) is 6.75. The van der Waals surface area contributed by atoms with Gasteiger partial charge in [0.15, 0.2) is 12.2 Å². The van der Waals surface area contributed by atoms with Gasteiger partial charge in [0.1, 0.15) is 18.1 Å². The van der Waals surface area contributed by atoms with Crippen molar-refractivity contribution in [2.45, 2.75) is 19.4 Å². The van der Waals surface area contributed by atoms with E-state index in [2.05, 4.69) is 15.6 Å². The van der Waals surface area contributed by atoms with Crippen molar-refractivity contribution in [1.82, 2.24) is 10.3 Å². The van der Waals surface area contributed by atoms with E-state index in [1.807, 2.05) is 6.07 Å². The molecule has 0 atom stereocenters. The molecule has 164 valence electrons. The highest BCUT2D eigenvalue weighted by Crippen LogP contribution is 2.32. The zero-order chi connectivity index (χ0) is 23.1. The molecular formula is C23H22N4O5. The van der Waals surface area contributed by atoms with Crippen LogP contribution < -0.4 is 20.1 Å². The van der Waals surface area contributed by atoms with Crippen molar-refractivity contribution < 1.29 is 23.5 Å². The summed E-state index contributed by atoms with van der Waals surface area (Å²) >= 11 is 0. The van der Waals surface area contributed by atoms with E-state index >= 15 is 0 Å². The topological polar surface area (TPSA) is 126 Å². The Hall–Kier alpha value is -4.32. The number of methoxy groups -OCH3 is 1. The molecule has 0 bridgehead atoms. The molecule has 2 aromatic carbocycles. The summed E-state index contributed by atoms with van der Waals surface area (Å²) in [4.78, 5) is 28.7. The van der Waals surface area contributed by atoms with Gasteiger partial charge in [0.05, 0.1) is 36.0 Å². The Labute approximate surface area is 185 Å². The molecule has 3 rings (SSSR count). The Balaban J connectivity index is 1.58. The van der Waals surface area contributed by atoms with E-state index in [4.69, 9.17) is 19.2 Å². The van der Waals surface area contributed by atoms with Crippen LogP contribution in [0.2, 0.25) is 0 Å². The Morgan fingerprint density at radius 1 is 1.16 bits per heavy atom. The van der Waals surface area contributed by atoms with Crippen molar-refractivity contribution in [3.05, 3.63) is 60.6 Å². The summed E-state index contributed by atoms with van der Waals surface area (Å²) in [6, 6.07) is 13.5. The number of rotatable bonds is 7. The van der Waals surface area contributed by atoms with Gasteiger partial charge in [0.2, 0.25) is 0 Å². The molecule has 1 aromatic heterocycles. The third-order valence-corrected chi connectivity index (χ3v) is 4.40. The van der Waals surface area contributed by atoms with E-state index in [1.54, 1.807) is 62.5 Å². The van der Waals surface area contributed by atoms with Gasteiger partial charge >= 0.3 is 11.8 Å². The number of ether oxygens (including phenoxy) is 2. The van der Waals surface area contributed by atoms with Crippen LogP contribution in [-0.2, 0) is 9.59 Å². The summed E-state index contributed by atoms with van der Waals surface area (Å²) in [5.41, 5.74) is 0.744. The van der Waals surface area contributed by atoms with Gasteiger partial charge in [-0.15, -0.1) is 0 Å². The van der Waals surface area contributed by atoms with Crippen LogP contribution in [0.1, 0.15) is 19.4 Å². The lowest BCUT2D eigenvalue weighted by molar-refractivity contribution is -0.137. The van der Waals surface area contributed by atoms with E-state index in [1.165, 1.54) is 13.5 Å². The maximum Gasteiger partial charge on any atom is 0.313 e. The van der Waals surface area contributed by atoms with E-state index in [0.29, 0.717) is 34.1 Å². The van der Waals surface area contributed by atoms with Crippen molar-refractivity contribution in [2.75, 3.05) is 19.0 Å². The third kappa shape index (κ3) is 5.64. The predicted octanol–water partition coefficient (Wildman–Crippen LogP) is 3.13. The van der Waals surface area contributed by atoms with Gasteiger partial charge in [-0.2, -0.15) is 5.26 Å². The number of oxazole rings is 1. The minimum Gasteiger partial charge on any atom is -0.496 e. The fraction of sp³-hybridized carbons (Fsp3) is 0.217. The summed E-state index contributed by atoms with van der Waals surface area (Å²) < 4.78 is 16.3. The number of aromatic nitrogens is 1. The standard InChI is InChI=1S/C23H22N4O5/c1-23(2,13-31-17-7-4-15(11-24)5-8-17)27-22(29)21(28)26-16-6-9-18(19(10-16)30-3)20-12-25-14-32-20/h4-10,12,14H,13H2,1-3H3,(H,26,28)(H,27,29). The lowest BCUT2D eigenvalue weighted by atomic mass is 10.1. The lowest BCUT2D eigenvalue weighted by Crippen LogP contribution is -2.51. The second kappa shape index (κ2) is 9.66. The summed E-state index contributed by atoms with van der Waals surface area (Å²) in [6.45, 7) is 3.59. The molecule has 0 radical (unpaired) electrons. The van der Waals surface area contributed by atoms with Crippen LogP contribution in [0.3, 0.4) is 0 Å². The first-order chi connectivity index (χ1) is 15.3. The number of nitrogens with one attached hydrogen (secondary N) is 2. The monoisotopic (exact) mass is 434 g/mol.